The number of nitrogens with zero attached hydrogens (tertiary/aromatic N) is 1. The van der Waals surface area contributed by atoms with Gasteiger partial charge in [0.2, 0.25) is 0 Å². The van der Waals surface area contributed by atoms with Crippen molar-refractivity contribution in [3.8, 4) is 0 Å². The molecule has 6 heteroatoms. The number of allylic oxidation sites excluding steroid dienone is 1. The highest BCUT2D eigenvalue weighted by atomic mass is 35.5. The van der Waals surface area contributed by atoms with Gasteiger partial charge in [0.25, 0.3) is 0 Å². The fraction of sp³-hybridized carbons (Fsp3) is 0.450. The molecule has 1 unspecified atom stereocenters. The maximum absolute atomic E-state index is 13.2. The molecule has 26 heavy (non-hydrogen) atoms. The average Bonchev–Trinajstić information content (AvgIpc) is 2.84. The van der Waals surface area contributed by atoms with Gasteiger partial charge in [0.1, 0.15) is 11.7 Å². The number of rotatable bonds is 3. The van der Waals surface area contributed by atoms with Crippen molar-refractivity contribution in [2.75, 3.05) is 13.2 Å². The van der Waals surface area contributed by atoms with E-state index in [9.17, 15) is 9.59 Å². The largest absolute Gasteiger partial charge is 0.403 e. The molecule has 1 heterocycles. The van der Waals surface area contributed by atoms with Crippen molar-refractivity contribution in [1.29, 1.82) is 0 Å². The molecule has 2 fully saturated rings. The lowest BCUT2D eigenvalue weighted by atomic mass is 9.76. The van der Waals surface area contributed by atoms with Gasteiger partial charge in [0.15, 0.2) is 5.78 Å². The summed E-state index contributed by atoms with van der Waals surface area (Å²) in [6, 6.07) is 3.74. The van der Waals surface area contributed by atoms with Crippen molar-refractivity contribution in [3.63, 3.8) is 0 Å². The summed E-state index contributed by atoms with van der Waals surface area (Å²) in [6.45, 7) is 4.92. The highest BCUT2D eigenvalue weighted by Crippen LogP contribution is 2.48. The van der Waals surface area contributed by atoms with E-state index in [1.807, 2.05) is 26.0 Å². The van der Waals surface area contributed by atoms with Crippen LogP contribution >= 0.6 is 11.6 Å². The smallest absolute Gasteiger partial charge is 0.154 e. The number of aliphatic imine (C=N–C) groups is 1. The number of ether oxygens (including phenoxy) is 1. The first-order valence-corrected chi connectivity index (χ1v) is 9.13. The van der Waals surface area contributed by atoms with E-state index in [-0.39, 0.29) is 11.6 Å². The lowest BCUT2D eigenvalue weighted by molar-refractivity contribution is -0.131. The zero-order chi connectivity index (χ0) is 18.9. The van der Waals surface area contributed by atoms with E-state index in [0.29, 0.717) is 43.2 Å². The number of hydrogen-bond acceptors (Lipinski definition) is 5. The lowest BCUT2D eigenvalue weighted by Gasteiger charge is -2.31. The van der Waals surface area contributed by atoms with Gasteiger partial charge in [-0.3, -0.25) is 14.6 Å². The van der Waals surface area contributed by atoms with Crippen LogP contribution < -0.4 is 5.73 Å². The molecular formula is C20H23ClN2O3. The molecule has 0 aromatic heterocycles. The Bertz CT molecular complexity index is 784. The molecule has 0 bridgehead atoms. The third kappa shape index (κ3) is 3.33. The van der Waals surface area contributed by atoms with Gasteiger partial charge in [-0.25, -0.2) is 0 Å². The minimum Gasteiger partial charge on any atom is -0.403 e. The first-order chi connectivity index (χ1) is 12.4. The molecule has 0 amide bonds. The van der Waals surface area contributed by atoms with Crippen LogP contribution in [0, 0.1) is 19.3 Å². The number of ketones is 2. The predicted octanol–water partition coefficient (Wildman–Crippen LogP) is 3.47. The Kier molecular flexibility index (Phi) is 5.30. The Hall–Kier alpha value is -1.98. The second-order valence-corrected chi connectivity index (χ2v) is 7.57. The predicted molar refractivity (Wildman–Crippen MR) is 102 cm³/mol. The average molecular weight is 375 g/mol. The molecule has 0 radical (unpaired) electrons. The van der Waals surface area contributed by atoms with Crippen molar-refractivity contribution in [2.24, 2.45) is 16.1 Å². The summed E-state index contributed by atoms with van der Waals surface area (Å²) in [7, 11) is 0. The van der Waals surface area contributed by atoms with Crippen molar-refractivity contribution in [2.45, 2.75) is 39.0 Å². The fourth-order valence-electron chi connectivity index (χ4n) is 4.11. The first kappa shape index (κ1) is 18.8. The third-order valence-electron chi connectivity index (χ3n) is 5.43. The van der Waals surface area contributed by atoms with Crippen molar-refractivity contribution >= 4 is 35.1 Å². The SMILES string of the molecule is Cc1cc(N=CC(Cl)=CN)cc(C)c1C1C(=O)CC2(CCOCC2)C1=O. The molecule has 3 rings (SSSR count). The summed E-state index contributed by atoms with van der Waals surface area (Å²) in [5.74, 6) is -0.588. The van der Waals surface area contributed by atoms with Gasteiger partial charge >= 0.3 is 0 Å². The van der Waals surface area contributed by atoms with Crippen LogP contribution in [0.15, 0.2) is 28.4 Å². The first-order valence-electron chi connectivity index (χ1n) is 8.75. The van der Waals surface area contributed by atoms with Crippen LogP contribution in [0.2, 0.25) is 0 Å². The Morgan fingerprint density at radius 3 is 2.46 bits per heavy atom. The van der Waals surface area contributed by atoms with E-state index in [4.69, 9.17) is 22.1 Å². The molecule has 138 valence electrons. The number of nitrogens with two attached hydrogens (primary N) is 1. The van der Waals surface area contributed by atoms with Crippen LogP contribution in [0.3, 0.4) is 0 Å². The van der Waals surface area contributed by atoms with Gasteiger partial charge in [0, 0.05) is 37.5 Å². The van der Waals surface area contributed by atoms with Gasteiger partial charge in [-0.15, -0.1) is 0 Å². The quantitative estimate of drug-likeness (QED) is 0.648. The number of carbonyl (C=O) groups is 2. The number of hydrogen-bond donors (Lipinski definition) is 1. The van der Waals surface area contributed by atoms with E-state index in [0.717, 1.165) is 16.7 Å². The molecule has 1 aromatic carbocycles. The van der Waals surface area contributed by atoms with E-state index in [1.165, 1.54) is 12.4 Å². The summed E-state index contributed by atoms with van der Waals surface area (Å²) >= 11 is 5.84. The monoisotopic (exact) mass is 374 g/mol. The highest BCUT2D eigenvalue weighted by Gasteiger charge is 2.53. The third-order valence-corrected chi connectivity index (χ3v) is 5.66. The zero-order valence-electron chi connectivity index (χ0n) is 15.0. The molecule has 1 saturated carbocycles. The Balaban J connectivity index is 1.95. The van der Waals surface area contributed by atoms with E-state index < -0.39 is 11.3 Å². The molecular weight excluding hydrogens is 352 g/mol. The summed E-state index contributed by atoms with van der Waals surface area (Å²) in [5.41, 5.74) is 8.11. The summed E-state index contributed by atoms with van der Waals surface area (Å²) in [6.07, 6.45) is 4.34. The van der Waals surface area contributed by atoms with Crippen LogP contribution in [-0.2, 0) is 14.3 Å². The second-order valence-electron chi connectivity index (χ2n) is 7.14. The van der Waals surface area contributed by atoms with Crippen LogP contribution in [0.4, 0.5) is 5.69 Å². The maximum Gasteiger partial charge on any atom is 0.154 e. The van der Waals surface area contributed by atoms with Gasteiger partial charge < -0.3 is 10.5 Å². The van der Waals surface area contributed by atoms with E-state index in [2.05, 4.69) is 4.99 Å². The maximum atomic E-state index is 13.2. The molecule has 2 aliphatic rings. The van der Waals surface area contributed by atoms with Crippen molar-refractivity contribution in [1.82, 2.24) is 0 Å². The summed E-state index contributed by atoms with van der Waals surface area (Å²) in [4.78, 5) is 30.3. The molecule has 1 aliphatic heterocycles. The topological polar surface area (TPSA) is 81.8 Å². The number of halogens is 1. The second kappa shape index (κ2) is 7.33. The number of carbonyl (C=O) groups excluding carboxylic acids is 2. The zero-order valence-corrected chi connectivity index (χ0v) is 15.8. The number of Topliss-reactive ketones (excluding diaryl/α,β-unsaturated/α-hetero) is 2. The summed E-state index contributed by atoms with van der Waals surface area (Å²) in [5, 5.41) is 0.340. The van der Waals surface area contributed by atoms with Gasteiger partial charge in [-0.2, -0.15) is 0 Å². The Morgan fingerprint density at radius 1 is 1.27 bits per heavy atom. The molecule has 1 aromatic rings. The molecule has 1 spiro atoms. The fourth-order valence-corrected chi connectivity index (χ4v) is 4.16. The minimum absolute atomic E-state index is 0.0217. The van der Waals surface area contributed by atoms with E-state index >= 15 is 0 Å². The van der Waals surface area contributed by atoms with Gasteiger partial charge in [-0.05, 0) is 55.5 Å². The van der Waals surface area contributed by atoms with Crippen LogP contribution in [0.5, 0.6) is 0 Å². The van der Waals surface area contributed by atoms with Crippen LogP contribution in [0.25, 0.3) is 0 Å². The highest BCUT2D eigenvalue weighted by molar-refractivity contribution is 6.39. The summed E-state index contributed by atoms with van der Waals surface area (Å²) < 4.78 is 5.40. The van der Waals surface area contributed by atoms with Crippen molar-refractivity contribution in [3.05, 3.63) is 40.1 Å². The van der Waals surface area contributed by atoms with Crippen LogP contribution in [-0.4, -0.2) is 31.0 Å². The van der Waals surface area contributed by atoms with Crippen LogP contribution in [0.1, 0.15) is 41.9 Å². The Morgan fingerprint density at radius 2 is 1.88 bits per heavy atom. The minimum atomic E-state index is -0.668. The van der Waals surface area contributed by atoms with Crippen molar-refractivity contribution < 1.29 is 14.3 Å². The number of aryl methyl sites for hydroxylation is 2. The molecule has 2 N–H and O–H groups in total. The standard InChI is InChI=1S/C20H23ClN2O3/c1-12-7-15(23-11-14(21)10-22)8-13(2)17(12)18-16(24)9-20(19(18)25)3-5-26-6-4-20/h7-8,10-11,18H,3-6,9,22H2,1-2H3. The number of benzene rings is 1. The molecule has 5 nitrogen and oxygen atoms in total. The van der Waals surface area contributed by atoms with E-state index in [1.54, 1.807) is 0 Å². The Labute approximate surface area is 158 Å². The normalized spacial score (nSPS) is 23.3. The molecule has 1 saturated heterocycles. The molecule has 1 atom stereocenters. The lowest BCUT2D eigenvalue weighted by Crippen LogP contribution is -2.34. The molecule has 1 aliphatic carbocycles. The van der Waals surface area contributed by atoms with Gasteiger partial charge in [-0.1, -0.05) is 11.6 Å². The van der Waals surface area contributed by atoms with Gasteiger partial charge in [0.05, 0.1) is 10.7 Å².